The second kappa shape index (κ2) is 5.11. The summed E-state index contributed by atoms with van der Waals surface area (Å²) in [5.74, 6) is 0.238. The number of nitrogens with one attached hydrogen (secondary N) is 1. The largest absolute Gasteiger partial charge is 0.350 e. The molecule has 2 saturated heterocycles. The number of carbonyl (C=O) groups is 1. The van der Waals surface area contributed by atoms with Crippen LogP contribution in [-0.4, -0.2) is 36.0 Å². The Morgan fingerprint density at radius 3 is 2.89 bits per heavy atom. The summed E-state index contributed by atoms with van der Waals surface area (Å²) in [6.07, 6.45) is 4.40. The zero-order chi connectivity index (χ0) is 12.4. The molecule has 3 nitrogen and oxygen atoms in total. The van der Waals surface area contributed by atoms with Crippen LogP contribution in [0.3, 0.4) is 0 Å². The Morgan fingerprint density at radius 2 is 2.06 bits per heavy atom. The van der Waals surface area contributed by atoms with Gasteiger partial charge in [0.05, 0.1) is 6.04 Å². The highest BCUT2D eigenvalue weighted by Crippen LogP contribution is 2.21. The number of carbonyl (C=O) groups excluding carboxylic acids is 1. The molecule has 2 heterocycles. The van der Waals surface area contributed by atoms with Crippen LogP contribution in [0.2, 0.25) is 0 Å². The van der Waals surface area contributed by atoms with Crippen LogP contribution in [0.1, 0.15) is 24.8 Å². The number of nitrogens with zero attached hydrogens (tertiary/aromatic N) is 1. The van der Waals surface area contributed by atoms with Crippen molar-refractivity contribution in [2.24, 2.45) is 0 Å². The smallest absolute Gasteiger partial charge is 0.237 e. The average molecular weight is 244 g/mol. The van der Waals surface area contributed by atoms with Crippen molar-refractivity contribution >= 4 is 5.91 Å². The summed E-state index contributed by atoms with van der Waals surface area (Å²) in [5.41, 5.74) is 1.30. The molecule has 0 saturated carbocycles. The number of hydrogen-bond acceptors (Lipinski definition) is 2. The molecule has 2 atom stereocenters. The highest BCUT2D eigenvalue weighted by Gasteiger charge is 2.35. The fraction of sp³-hybridized carbons (Fsp3) is 0.533. The molecule has 1 aromatic carbocycles. The Hall–Kier alpha value is -1.35. The third kappa shape index (κ3) is 2.41. The summed E-state index contributed by atoms with van der Waals surface area (Å²) in [6.45, 7) is 2.09. The highest BCUT2D eigenvalue weighted by atomic mass is 16.2. The summed E-state index contributed by atoms with van der Waals surface area (Å²) in [5, 5.41) is 3.18. The van der Waals surface area contributed by atoms with Crippen LogP contribution < -0.4 is 5.32 Å². The number of piperazine rings is 1. The standard InChI is InChI=1S/C15H20N2O/c18-15-14-8-4-5-9-17(14)11-13(16-15)10-12-6-2-1-3-7-12/h1-3,6-7,13-14H,4-5,8-11H2,(H,16,18). The molecule has 3 rings (SSSR count). The summed E-state index contributed by atoms with van der Waals surface area (Å²) in [7, 11) is 0. The molecule has 96 valence electrons. The van der Waals surface area contributed by atoms with Gasteiger partial charge in [0.15, 0.2) is 0 Å². The number of piperidine rings is 1. The van der Waals surface area contributed by atoms with E-state index in [9.17, 15) is 4.79 Å². The van der Waals surface area contributed by atoms with E-state index in [0.717, 1.165) is 25.9 Å². The molecule has 0 spiro atoms. The number of amides is 1. The maximum atomic E-state index is 12.1. The van der Waals surface area contributed by atoms with E-state index in [4.69, 9.17) is 0 Å². The molecule has 0 bridgehead atoms. The first-order valence-corrected chi connectivity index (χ1v) is 6.91. The van der Waals surface area contributed by atoms with Crippen molar-refractivity contribution in [1.82, 2.24) is 10.2 Å². The molecular weight excluding hydrogens is 224 g/mol. The van der Waals surface area contributed by atoms with Gasteiger partial charge in [-0.1, -0.05) is 36.8 Å². The van der Waals surface area contributed by atoms with Gasteiger partial charge in [-0.3, -0.25) is 9.69 Å². The van der Waals surface area contributed by atoms with Crippen LogP contribution in [0, 0.1) is 0 Å². The fourth-order valence-electron chi connectivity index (χ4n) is 3.15. The topological polar surface area (TPSA) is 32.3 Å². The monoisotopic (exact) mass is 244 g/mol. The molecule has 2 aliphatic heterocycles. The number of rotatable bonds is 2. The summed E-state index contributed by atoms with van der Waals surface area (Å²) in [6, 6.07) is 10.8. The molecule has 0 radical (unpaired) electrons. The van der Waals surface area contributed by atoms with Gasteiger partial charge < -0.3 is 5.32 Å². The van der Waals surface area contributed by atoms with Crippen molar-refractivity contribution in [3.63, 3.8) is 0 Å². The van der Waals surface area contributed by atoms with E-state index in [1.54, 1.807) is 0 Å². The van der Waals surface area contributed by atoms with Gasteiger partial charge in [-0.2, -0.15) is 0 Å². The van der Waals surface area contributed by atoms with Gasteiger partial charge in [0.1, 0.15) is 0 Å². The van der Waals surface area contributed by atoms with Crippen molar-refractivity contribution < 1.29 is 4.79 Å². The normalized spacial score (nSPS) is 28.6. The Bertz CT molecular complexity index is 418. The van der Waals surface area contributed by atoms with Crippen molar-refractivity contribution in [3.8, 4) is 0 Å². The Morgan fingerprint density at radius 1 is 1.22 bits per heavy atom. The van der Waals surface area contributed by atoms with E-state index < -0.39 is 0 Å². The SMILES string of the molecule is O=C1NC(Cc2ccccc2)CN2CCCCC12. The summed E-state index contributed by atoms with van der Waals surface area (Å²) >= 11 is 0. The van der Waals surface area contributed by atoms with E-state index >= 15 is 0 Å². The first kappa shape index (κ1) is 11.7. The molecule has 1 N–H and O–H groups in total. The Labute approximate surface area is 108 Å². The van der Waals surface area contributed by atoms with Crippen molar-refractivity contribution in [1.29, 1.82) is 0 Å². The lowest BCUT2D eigenvalue weighted by Gasteiger charge is -2.42. The summed E-state index contributed by atoms with van der Waals surface area (Å²) in [4.78, 5) is 14.4. The predicted octanol–water partition coefficient (Wildman–Crippen LogP) is 1.58. The van der Waals surface area contributed by atoms with Crippen molar-refractivity contribution in [3.05, 3.63) is 35.9 Å². The summed E-state index contributed by atoms with van der Waals surface area (Å²) < 4.78 is 0. The molecular formula is C15H20N2O. The van der Waals surface area contributed by atoms with Crippen LogP contribution in [-0.2, 0) is 11.2 Å². The molecule has 2 aliphatic rings. The van der Waals surface area contributed by atoms with Crippen LogP contribution >= 0.6 is 0 Å². The van der Waals surface area contributed by atoms with Gasteiger partial charge in [-0.25, -0.2) is 0 Å². The van der Waals surface area contributed by atoms with E-state index in [1.807, 2.05) is 6.07 Å². The van der Waals surface area contributed by atoms with E-state index in [0.29, 0.717) is 0 Å². The maximum Gasteiger partial charge on any atom is 0.237 e. The average Bonchev–Trinajstić information content (AvgIpc) is 2.40. The quantitative estimate of drug-likeness (QED) is 0.856. The minimum atomic E-state index is 0.144. The van der Waals surface area contributed by atoms with E-state index in [1.165, 1.54) is 18.4 Å². The Balaban J connectivity index is 1.66. The lowest BCUT2D eigenvalue weighted by atomic mass is 9.95. The first-order valence-electron chi connectivity index (χ1n) is 6.91. The lowest BCUT2D eigenvalue weighted by molar-refractivity contribution is -0.132. The van der Waals surface area contributed by atoms with Gasteiger partial charge in [-0.15, -0.1) is 0 Å². The molecule has 0 aliphatic carbocycles. The van der Waals surface area contributed by atoms with Gasteiger partial charge in [0.25, 0.3) is 0 Å². The number of hydrogen-bond donors (Lipinski definition) is 1. The second-order valence-electron chi connectivity index (χ2n) is 5.40. The van der Waals surface area contributed by atoms with Crippen molar-refractivity contribution in [2.75, 3.05) is 13.1 Å². The third-order valence-corrected chi connectivity index (χ3v) is 4.04. The van der Waals surface area contributed by atoms with Crippen LogP contribution in [0.15, 0.2) is 30.3 Å². The van der Waals surface area contributed by atoms with Crippen LogP contribution in [0.25, 0.3) is 0 Å². The second-order valence-corrected chi connectivity index (χ2v) is 5.40. The van der Waals surface area contributed by atoms with Crippen LogP contribution in [0.5, 0.6) is 0 Å². The van der Waals surface area contributed by atoms with Gasteiger partial charge >= 0.3 is 0 Å². The molecule has 2 unspecified atom stereocenters. The molecule has 18 heavy (non-hydrogen) atoms. The van der Waals surface area contributed by atoms with E-state index in [2.05, 4.69) is 34.5 Å². The predicted molar refractivity (Wildman–Crippen MR) is 71.3 cm³/mol. The molecule has 1 amide bonds. The zero-order valence-corrected chi connectivity index (χ0v) is 10.6. The van der Waals surface area contributed by atoms with Gasteiger partial charge in [-0.05, 0) is 31.4 Å². The number of benzene rings is 1. The fourth-order valence-corrected chi connectivity index (χ4v) is 3.15. The number of fused-ring (bicyclic) bond motifs is 1. The Kier molecular flexibility index (Phi) is 3.33. The maximum absolute atomic E-state index is 12.1. The van der Waals surface area contributed by atoms with Crippen LogP contribution in [0.4, 0.5) is 0 Å². The van der Waals surface area contributed by atoms with Gasteiger partial charge in [0.2, 0.25) is 5.91 Å². The molecule has 1 aromatic rings. The zero-order valence-electron chi connectivity index (χ0n) is 10.6. The third-order valence-electron chi connectivity index (χ3n) is 4.04. The molecule has 0 aromatic heterocycles. The first-order chi connectivity index (χ1) is 8.83. The lowest BCUT2D eigenvalue weighted by Crippen LogP contribution is -2.61. The van der Waals surface area contributed by atoms with Crippen molar-refractivity contribution in [2.45, 2.75) is 37.8 Å². The molecule has 3 heteroatoms. The highest BCUT2D eigenvalue weighted by molar-refractivity contribution is 5.83. The minimum absolute atomic E-state index is 0.144. The minimum Gasteiger partial charge on any atom is -0.350 e. The van der Waals surface area contributed by atoms with Gasteiger partial charge in [0, 0.05) is 12.6 Å². The molecule has 2 fully saturated rings. The van der Waals surface area contributed by atoms with E-state index in [-0.39, 0.29) is 18.0 Å².